The molecule has 1 unspecified atom stereocenters. The van der Waals surface area contributed by atoms with Gasteiger partial charge >= 0.3 is 5.97 Å². The molecule has 0 aliphatic rings. The molecule has 4 heteroatoms. The average Bonchev–Trinajstić information content (AvgIpc) is 2.75. The first-order valence-corrected chi connectivity index (χ1v) is 11.2. The SMILES string of the molecule is CCCCCCC(C)OC(=O)[C@H](C)c1ccc(-c2ncc(CCCC)cn2)cc1. The Bertz CT molecular complexity index is 725. The van der Waals surface area contributed by atoms with Crippen LogP contribution in [0.15, 0.2) is 36.7 Å². The molecular formula is C25H36N2O2. The van der Waals surface area contributed by atoms with E-state index in [2.05, 4.69) is 23.8 Å². The average molecular weight is 397 g/mol. The van der Waals surface area contributed by atoms with Crippen LogP contribution in [0.1, 0.15) is 89.7 Å². The fourth-order valence-corrected chi connectivity index (χ4v) is 3.29. The topological polar surface area (TPSA) is 52.1 Å². The van der Waals surface area contributed by atoms with Crippen molar-refractivity contribution in [3.05, 3.63) is 47.8 Å². The molecule has 0 spiro atoms. The number of hydrogen-bond acceptors (Lipinski definition) is 4. The van der Waals surface area contributed by atoms with Gasteiger partial charge in [-0.3, -0.25) is 4.79 Å². The van der Waals surface area contributed by atoms with Gasteiger partial charge in [0.05, 0.1) is 12.0 Å². The van der Waals surface area contributed by atoms with E-state index in [1.165, 1.54) is 31.2 Å². The molecule has 0 saturated heterocycles. The number of rotatable bonds is 12. The van der Waals surface area contributed by atoms with E-state index in [1.54, 1.807) is 0 Å². The number of carbonyl (C=O) groups excluding carboxylic acids is 1. The van der Waals surface area contributed by atoms with Crippen molar-refractivity contribution in [2.75, 3.05) is 0 Å². The smallest absolute Gasteiger partial charge is 0.313 e. The van der Waals surface area contributed by atoms with Crippen LogP contribution in [0.3, 0.4) is 0 Å². The lowest BCUT2D eigenvalue weighted by Crippen LogP contribution is -2.19. The molecule has 1 aromatic heterocycles. The summed E-state index contributed by atoms with van der Waals surface area (Å²) in [4.78, 5) is 21.5. The second-order valence-corrected chi connectivity index (χ2v) is 7.96. The highest BCUT2D eigenvalue weighted by Crippen LogP contribution is 2.22. The Balaban J connectivity index is 1.90. The summed E-state index contributed by atoms with van der Waals surface area (Å²) in [5, 5.41) is 0. The van der Waals surface area contributed by atoms with Gasteiger partial charge in [-0.1, -0.05) is 63.8 Å². The van der Waals surface area contributed by atoms with E-state index in [1.807, 2.05) is 50.5 Å². The maximum absolute atomic E-state index is 12.5. The first-order chi connectivity index (χ1) is 14.0. The molecule has 1 heterocycles. The van der Waals surface area contributed by atoms with Crippen molar-refractivity contribution < 1.29 is 9.53 Å². The first kappa shape index (κ1) is 23.1. The third-order valence-corrected chi connectivity index (χ3v) is 5.33. The zero-order valence-electron chi connectivity index (χ0n) is 18.5. The van der Waals surface area contributed by atoms with Crippen molar-refractivity contribution in [1.82, 2.24) is 9.97 Å². The van der Waals surface area contributed by atoms with Crippen LogP contribution in [0.5, 0.6) is 0 Å². The summed E-state index contributed by atoms with van der Waals surface area (Å²) in [5.74, 6) is 0.282. The molecule has 0 fully saturated rings. The Morgan fingerprint density at radius 3 is 2.21 bits per heavy atom. The first-order valence-electron chi connectivity index (χ1n) is 11.2. The van der Waals surface area contributed by atoms with E-state index in [4.69, 9.17) is 4.74 Å². The molecule has 0 amide bonds. The van der Waals surface area contributed by atoms with Gasteiger partial charge in [0.1, 0.15) is 0 Å². The molecule has 0 aliphatic heterocycles. The minimum Gasteiger partial charge on any atom is -0.462 e. The van der Waals surface area contributed by atoms with E-state index < -0.39 is 0 Å². The summed E-state index contributed by atoms with van der Waals surface area (Å²) in [6.45, 7) is 8.27. The van der Waals surface area contributed by atoms with Crippen molar-refractivity contribution in [3.63, 3.8) is 0 Å². The van der Waals surface area contributed by atoms with E-state index in [0.717, 1.165) is 36.8 Å². The van der Waals surface area contributed by atoms with Gasteiger partial charge in [0.2, 0.25) is 0 Å². The maximum atomic E-state index is 12.5. The highest BCUT2D eigenvalue weighted by Gasteiger charge is 2.19. The zero-order valence-corrected chi connectivity index (χ0v) is 18.5. The molecule has 2 atom stereocenters. The van der Waals surface area contributed by atoms with Gasteiger partial charge in [-0.05, 0) is 50.7 Å². The van der Waals surface area contributed by atoms with Crippen LogP contribution in [0.2, 0.25) is 0 Å². The Morgan fingerprint density at radius 2 is 1.59 bits per heavy atom. The van der Waals surface area contributed by atoms with Crippen LogP contribution >= 0.6 is 0 Å². The Kier molecular flexibility index (Phi) is 9.82. The van der Waals surface area contributed by atoms with Crippen molar-refractivity contribution in [3.8, 4) is 11.4 Å². The summed E-state index contributed by atoms with van der Waals surface area (Å²) in [7, 11) is 0. The second-order valence-electron chi connectivity index (χ2n) is 7.96. The van der Waals surface area contributed by atoms with Crippen LogP contribution in [0.4, 0.5) is 0 Å². The van der Waals surface area contributed by atoms with Crippen molar-refractivity contribution in [2.45, 2.75) is 91.1 Å². The number of aromatic nitrogens is 2. The van der Waals surface area contributed by atoms with Gasteiger partial charge in [-0.15, -0.1) is 0 Å². The third-order valence-electron chi connectivity index (χ3n) is 5.33. The van der Waals surface area contributed by atoms with Crippen molar-refractivity contribution in [1.29, 1.82) is 0 Å². The lowest BCUT2D eigenvalue weighted by Gasteiger charge is -2.17. The molecule has 0 radical (unpaired) electrons. The third kappa shape index (κ3) is 7.60. The molecule has 0 N–H and O–H groups in total. The number of aryl methyl sites for hydroxylation is 1. The van der Waals surface area contributed by atoms with Gasteiger partial charge in [0, 0.05) is 18.0 Å². The number of nitrogens with zero attached hydrogens (tertiary/aromatic N) is 2. The number of ether oxygens (including phenoxy) is 1. The van der Waals surface area contributed by atoms with Gasteiger partial charge in [0.25, 0.3) is 0 Å². The van der Waals surface area contributed by atoms with E-state index in [0.29, 0.717) is 5.82 Å². The summed E-state index contributed by atoms with van der Waals surface area (Å²) in [5.41, 5.74) is 3.09. The summed E-state index contributed by atoms with van der Waals surface area (Å²) in [6, 6.07) is 7.91. The molecular weight excluding hydrogens is 360 g/mol. The quantitative estimate of drug-likeness (QED) is 0.304. The van der Waals surface area contributed by atoms with E-state index in [-0.39, 0.29) is 18.0 Å². The van der Waals surface area contributed by atoms with Crippen LogP contribution in [0, 0.1) is 0 Å². The number of carbonyl (C=O) groups is 1. The van der Waals surface area contributed by atoms with Crippen molar-refractivity contribution >= 4 is 5.97 Å². The Hall–Kier alpha value is -2.23. The van der Waals surface area contributed by atoms with Crippen LogP contribution < -0.4 is 0 Å². The second kappa shape index (κ2) is 12.4. The number of hydrogen-bond donors (Lipinski definition) is 0. The number of esters is 1. The predicted octanol–water partition coefficient (Wildman–Crippen LogP) is 6.49. The minimum absolute atomic E-state index is 0.0271. The van der Waals surface area contributed by atoms with Gasteiger partial charge < -0.3 is 4.74 Å². The summed E-state index contributed by atoms with van der Waals surface area (Å²) >= 11 is 0. The van der Waals surface area contributed by atoms with Crippen LogP contribution in [0.25, 0.3) is 11.4 Å². The predicted molar refractivity (Wildman–Crippen MR) is 119 cm³/mol. The van der Waals surface area contributed by atoms with Gasteiger partial charge in [0.15, 0.2) is 5.82 Å². The Morgan fingerprint density at radius 1 is 0.931 bits per heavy atom. The lowest BCUT2D eigenvalue weighted by atomic mass is 9.99. The highest BCUT2D eigenvalue weighted by molar-refractivity contribution is 5.78. The number of unbranched alkanes of at least 4 members (excludes halogenated alkanes) is 4. The molecule has 0 bridgehead atoms. The molecule has 0 aliphatic carbocycles. The highest BCUT2D eigenvalue weighted by atomic mass is 16.5. The monoisotopic (exact) mass is 396 g/mol. The van der Waals surface area contributed by atoms with Gasteiger partial charge in [-0.25, -0.2) is 9.97 Å². The molecule has 2 rings (SSSR count). The molecule has 1 aromatic carbocycles. The zero-order chi connectivity index (χ0) is 21.1. The van der Waals surface area contributed by atoms with Gasteiger partial charge in [-0.2, -0.15) is 0 Å². The molecule has 2 aromatic rings. The van der Waals surface area contributed by atoms with Crippen LogP contribution in [-0.2, 0) is 16.0 Å². The Labute approximate surface area is 176 Å². The van der Waals surface area contributed by atoms with E-state index in [9.17, 15) is 4.79 Å². The maximum Gasteiger partial charge on any atom is 0.313 e. The lowest BCUT2D eigenvalue weighted by molar-refractivity contribution is -0.150. The minimum atomic E-state index is -0.278. The standard InChI is InChI=1S/C25H36N2O2/c1-5-7-9-10-11-19(3)29-25(28)20(4)22-13-15-23(16-14-22)24-26-17-21(18-27-24)12-8-6-2/h13-20H,5-12H2,1-4H3/t19?,20-/m1/s1. The number of benzene rings is 1. The summed E-state index contributed by atoms with van der Waals surface area (Å²) < 4.78 is 5.64. The fourth-order valence-electron chi connectivity index (χ4n) is 3.29. The summed E-state index contributed by atoms with van der Waals surface area (Å²) in [6.07, 6.45) is 12.9. The molecule has 0 saturated carbocycles. The van der Waals surface area contributed by atoms with Crippen LogP contribution in [-0.4, -0.2) is 22.0 Å². The molecule has 4 nitrogen and oxygen atoms in total. The normalized spacial score (nSPS) is 13.1. The fraction of sp³-hybridized carbons (Fsp3) is 0.560. The molecule has 29 heavy (non-hydrogen) atoms. The van der Waals surface area contributed by atoms with Crippen molar-refractivity contribution in [2.24, 2.45) is 0 Å². The largest absolute Gasteiger partial charge is 0.462 e. The molecule has 158 valence electrons. The van der Waals surface area contributed by atoms with E-state index >= 15 is 0 Å².